The molecule has 2 fully saturated rings. The zero-order valence-electron chi connectivity index (χ0n) is 19.4. The molecule has 2 aliphatic rings. The highest BCUT2D eigenvalue weighted by Gasteiger charge is 2.25. The number of hydrogen-bond acceptors (Lipinski definition) is 4. The van der Waals surface area contributed by atoms with Gasteiger partial charge in [-0.2, -0.15) is 0 Å². The van der Waals surface area contributed by atoms with Gasteiger partial charge in [-0.15, -0.1) is 24.0 Å². The topological polar surface area (TPSA) is 83.2 Å². The number of unbranched alkanes of at least 4 members (excludes halogenated alkanes) is 1. The van der Waals surface area contributed by atoms with Crippen molar-refractivity contribution in [2.24, 2.45) is 22.6 Å². The van der Waals surface area contributed by atoms with Crippen molar-refractivity contribution in [2.45, 2.75) is 38.7 Å². The molecule has 7 nitrogen and oxygen atoms in total. The minimum absolute atomic E-state index is 0. The van der Waals surface area contributed by atoms with Gasteiger partial charge in [-0.3, -0.25) is 9.79 Å². The van der Waals surface area contributed by atoms with Gasteiger partial charge in [0.05, 0.1) is 13.2 Å². The summed E-state index contributed by atoms with van der Waals surface area (Å²) < 4.78 is 5.94. The van der Waals surface area contributed by atoms with E-state index in [-0.39, 0.29) is 35.8 Å². The Bertz CT molecular complexity index is 695. The molecule has 1 aromatic rings. The molecule has 32 heavy (non-hydrogen) atoms. The van der Waals surface area contributed by atoms with E-state index in [1.807, 2.05) is 13.1 Å². The van der Waals surface area contributed by atoms with Gasteiger partial charge in [-0.25, -0.2) is 0 Å². The van der Waals surface area contributed by atoms with Crippen LogP contribution in [0.4, 0.5) is 0 Å². The number of carbonyl (C=O) groups excluding carboxylic acids is 1. The summed E-state index contributed by atoms with van der Waals surface area (Å²) in [6.07, 6.45) is 5.24. The Balaban J connectivity index is 0.00000363. The first-order chi connectivity index (χ1) is 15.2. The number of amides is 1. The number of hydrogen-bond donors (Lipinski definition) is 2. The van der Waals surface area contributed by atoms with E-state index in [1.165, 1.54) is 5.56 Å². The van der Waals surface area contributed by atoms with Crippen LogP contribution in [0.2, 0.25) is 0 Å². The molecule has 180 valence electrons. The highest BCUT2D eigenvalue weighted by atomic mass is 127. The molecule has 3 N–H and O–H groups in total. The molecule has 1 aromatic carbocycles. The summed E-state index contributed by atoms with van der Waals surface area (Å²) >= 11 is 0. The van der Waals surface area contributed by atoms with Crippen molar-refractivity contribution >= 4 is 35.8 Å². The maximum Gasteiger partial charge on any atom is 0.220 e. The Morgan fingerprint density at radius 1 is 1.16 bits per heavy atom. The summed E-state index contributed by atoms with van der Waals surface area (Å²) in [5.74, 6) is 1.51. The molecule has 0 radical (unpaired) electrons. The first-order valence-corrected chi connectivity index (χ1v) is 11.7. The van der Waals surface area contributed by atoms with Crippen LogP contribution in [0.1, 0.15) is 37.7 Å². The van der Waals surface area contributed by atoms with E-state index in [2.05, 4.69) is 44.4 Å². The second-order valence-corrected chi connectivity index (χ2v) is 8.80. The van der Waals surface area contributed by atoms with Crippen molar-refractivity contribution in [1.29, 1.82) is 0 Å². The molecule has 1 atom stereocenters. The van der Waals surface area contributed by atoms with E-state index in [0.717, 1.165) is 83.9 Å². The zero-order chi connectivity index (χ0) is 21.9. The van der Waals surface area contributed by atoms with Gasteiger partial charge < -0.3 is 25.6 Å². The van der Waals surface area contributed by atoms with Crippen LogP contribution in [-0.4, -0.2) is 74.6 Å². The second-order valence-electron chi connectivity index (χ2n) is 8.80. The lowest BCUT2D eigenvalue weighted by Gasteiger charge is -2.30. The van der Waals surface area contributed by atoms with Crippen LogP contribution in [0, 0.1) is 11.8 Å². The van der Waals surface area contributed by atoms with Gasteiger partial charge in [-0.1, -0.05) is 30.3 Å². The average Bonchev–Trinajstić information content (AvgIpc) is 3.26. The predicted octanol–water partition coefficient (Wildman–Crippen LogP) is 2.70. The van der Waals surface area contributed by atoms with Crippen molar-refractivity contribution in [2.75, 3.05) is 52.9 Å². The van der Waals surface area contributed by atoms with E-state index in [1.54, 1.807) is 0 Å². The molecule has 2 saturated heterocycles. The fourth-order valence-corrected chi connectivity index (χ4v) is 4.51. The highest BCUT2D eigenvalue weighted by molar-refractivity contribution is 14.0. The number of nitrogens with zero attached hydrogens (tertiary/aromatic N) is 3. The number of piperidine rings is 1. The highest BCUT2D eigenvalue weighted by Crippen LogP contribution is 2.18. The van der Waals surface area contributed by atoms with E-state index in [0.29, 0.717) is 12.5 Å². The van der Waals surface area contributed by atoms with Gasteiger partial charge in [0.15, 0.2) is 5.96 Å². The van der Waals surface area contributed by atoms with E-state index in [9.17, 15) is 4.79 Å². The molecule has 0 spiro atoms. The van der Waals surface area contributed by atoms with Crippen LogP contribution < -0.4 is 11.1 Å². The number of nitrogens with two attached hydrogens (primary N) is 1. The molecule has 0 aromatic heterocycles. The van der Waals surface area contributed by atoms with Crippen molar-refractivity contribution in [3.63, 3.8) is 0 Å². The lowest BCUT2D eigenvalue weighted by molar-refractivity contribution is -0.123. The predicted molar refractivity (Wildman–Crippen MR) is 140 cm³/mol. The summed E-state index contributed by atoms with van der Waals surface area (Å²) in [6.45, 7) is 7.54. The van der Waals surface area contributed by atoms with Crippen LogP contribution >= 0.6 is 24.0 Å². The maximum atomic E-state index is 11.3. The SMILES string of the molecule is CN=C(NCCCCN1CCC(C(N)=O)CC1)N1CCC(COCc2ccccc2)C1.I. The van der Waals surface area contributed by atoms with Crippen molar-refractivity contribution in [3.05, 3.63) is 35.9 Å². The molecule has 0 saturated carbocycles. The fourth-order valence-electron chi connectivity index (χ4n) is 4.51. The lowest BCUT2D eigenvalue weighted by Crippen LogP contribution is -2.41. The van der Waals surface area contributed by atoms with Crippen LogP contribution in [-0.2, 0) is 16.1 Å². The largest absolute Gasteiger partial charge is 0.376 e. The summed E-state index contributed by atoms with van der Waals surface area (Å²) in [4.78, 5) is 20.6. The van der Waals surface area contributed by atoms with Crippen molar-refractivity contribution in [1.82, 2.24) is 15.1 Å². The van der Waals surface area contributed by atoms with Crippen LogP contribution in [0.3, 0.4) is 0 Å². The standard InChI is InChI=1S/C24H39N5O2.HI/c1-26-24(27-12-5-6-13-28-14-10-22(11-15-28)23(25)30)29-16-9-21(17-29)19-31-18-20-7-3-2-4-8-20;/h2-4,7-8,21-22H,5-6,9-19H2,1H3,(H2,25,30)(H,26,27);1H. The normalized spacial score (nSPS) is 20.2. The Morgan fingerprint density at radius 2 is 1.91 bits per heavy atom. The number of carbonyl (C=O) groups is 1. The van der Waals surface area contributed by atoms with Crippen molar-refractivity contribution in [3.8, 4) is 0 Å². The number of benzene rings is 1. The summed E-state index contributed by atoms with van der Waals surface area (Å²) in [5, 5.41) is 3.53. The quantitative estimate of drug-likeness (QED) is 0.200. The van der Waals surface area contributed by atoms with Gasteiger partial charge in [-0.05, 0) is 57.3 Å². The number of likely N-dealkylation sites (tertiary alicyclic amines) is 2. The van der Waals surface area contributed by atoms with E-state index < -0.39 is 0 Å². The summed E-state index contributed by atoms with van der Waals surface area (Å²) in [5.41, 5.74) is 6.64. The number of halogens is 1. The minimum Gasteiger partial charge on any atom is -0.376 e. The van der Waals surface area contributed by atoms with Crippen molar-refractivity contribution < 1.29 is 9.53 Å². The molecule has 2 aliphatic heterocycles. The van der Waals surface area contributed by atoms with Gasteiger partial charge >= 0.3 is 0 Å². The number of guanidine groups is 1. The first kappa shape index (κ1) is 26.9. The smallest absolute Gasteiger partial charge is 0.220 e. The number of primary amides is 1. The summed E-state index contributed by atoms with van der Waals surface area (Å²) in [7, 11) is 1.87. The monoisotopic (exact) mass is 557 g/mol. The zero-order valence-corrected chi connectivity index (χ0v) is 21.7. The molecule has 0 aliphatic carbocycles. The Hall–Kier alpha value is -1.39. The molecule has 0 bridgehead atoms. The Morgan fingerprint density at radius 3 is 2.59 bits per heavy atom. The third-order valence-electron chi connectivity index (χ3n) is 6.44. The third-order valence-corrected chi connectivity index (χ3v) is 6.44. The second kappa shape index (κ2) is 14.7. The minimum atomic E-state index is -0.137. The third kappa shape index (κ3) is 8.86. The van der Waals surface area contributed by atoms with E-state index >= 15 is 0 Å². The Kier molecular flexibility index (Phi) is 12.3. The average molecular weight is 558 g/mol. The van der Waals surface area contributed by atoms with Gasteiger partial charge in [0.2, 0.25) is 5.91 Å². The van der Waals surface area contributed by atoms with Crippen LogP contribution in [0.5, 0.6) is 0 Å². The number of aliphatic imine (C=N–C) groups is 1. The molecular formula is C24H40IN5O2. The molecule has 1 amide bonds. The van der Waals surface area contributed by atoms with Gasteiger partial charge in [0.25, 0.3) is 0 Å². The van der Waals surface area contributed by atoms with Crippen LogP contribution in [0.25, 0.3) is 0 Å². The lowest BCUT2D eigenvalue weighted by atomic mass is 9.96. The number of nitrogens with one attached hydrogen (secondary N) is 1. The molecule has 2 heterocycles. The molecule has 3 rings (SSSR count). The molecular weight excluding hydrogens is 517 g/mol. The Labute approximate surface area is 210 Å². The van der Waals surface area contributed by atoms with Gasteiger partial charge in [0.1, 0.15) is 0 Å². The van der Waals surface area contributed by atoms with Gasteiger partial charge in [0, 0.05) is 38.5 Å². The molecule has 1 unspecified atom stereocenters. The first-order valence-electron chi connectivity index (χ1n) is 11.7. The maximum absolute atomic E-state index is 11.3. The number of ether oxygens (including phenoxy) is 1. The summed E-state index contributed by atoms with van der Waals surface area (Å²) in [6, 6.07) is 10.4. The van der Waals surface area contributed by atoms with Crippen LogP contribution in [0.15, 0.2) is 35.3 Å². The van der Waals surface area contributed by atoms with E-state index in [4.69, 9.17) is 10.5 Å². The fraction of sp³-hybridized carbons (Fsp3) is 0.667. The number of rotatable bonds is 10. The molecule has 8 heteroatoms.